The number of carbonyl (C=O) groups excluding carboxylic acids is 1. The maximum absolute atomic E-state index is 13.1. The van der Waals surface area contributed by atoms with Crippen LogP contribution in [-0.4, -0.2) is 43.8 Å². The molecule has 1 aromatic carbocycles. The van der Waals surface area contributed by atoms with Crippen LogP contribution < -0.4 is 16.0 Å². The van der Waals surface area contributed by atoms with E-state index in [0.29, 0.717) is 32.0 Å². The molecule has 140 valence electrons. The van der Waals surface area contributed by atoms with E-state index in [0.717, 1.165) is 12.1 Å². The monoisotopic (exact) mass is 352 g/mol. The highest BCUT2D eigenvalue weighted by Gasteiger charge is 2.15. The number of alkyl carbamates (subject to hydrolysis) is 1. The van der Waals surface area contributed by atoms with Crippen molar-refractivity contribution in [2.45, 2.75) is 39.7 Å². The van der Waals surface area contributed by atoms with Crippen molar-refractivity contribution in [3.05, 3.63) is 35.6 Å². The van der Waals surface area contributed by atoms with E-state index in [-0.39, 0.29) is 5.82 Å². The Kier molecular flexibility index (Phi) is 8.74. The number of benzene rings is 1. The fourth-order valence-electron chi connectivity index (χ4n) is 1.99. The molecule has 3 N–H and O–H groups in total. The molecule has 0 aromatic heterocycles. The highest BCUT2D eigenvalue weighted by Crippen LogP contribution is 2.06. The summed E-state index contributed by atoms with van der Waals surface area (Å²) in [5.74, 6) is 0.421. The van der Waals surface area contributed by atoms with Gasteiger partial charge in [0.05, 0.1) is 0 Å². The summed E-state index contributed by atoms with van der Waals surface area (Å²) in [6, 6.07) is 6.51. The van der Waals surface area contributed by atoms with E-state index in [1.165, 1.54) is 12.1 Å². The van der Waals surface area contributed by atoms with Crippen LogP contribution in [0.1, 0.15) is 33.3 Å². The Balaban J connectivity index is 2.34. The molecule has 1 amide bonds. The van der Waals surface area contributed by atoms with Gasteiger partial charge in [-0.1, -0.05) is 12.1 Å². The number of aliphatic imine (C=N–C) groups is 1. The van der Waals surface area contributed by atoms with Gasteiger partial charge in [0.15, 0.2) is 5.96 Å². The largest absolute Gasteiger partial charge is 0.444 e. The first-order chi connectivity index (χ1) is 11.8. The molecule has 25 heavy (non-hydrogen) atoms. The molecule has 0 aliphatic carbocycles. The Morgan fingerprint density at radius 3 is 2.56 bits per heavy atom. The molecular formula is C18H29FN4O2. The zero-order valence-electron chi connectivity index (χ0n) is 15.5. The molecule has 0 fully saturated rings. The lowest BCUT2D eigenvalue weighted by molar-refractivity contribution is 0.0529. The minimum absolute atomic E-state index is 0.236. The summed E-state index contributed by atoms with van der Waals surface area (Å²) in [6.45, 7) is 9.64. The van der Waals surface area contributed by atoms with Crippen molar-refractivity contribution in [2.24, 2.45) is 4.99 Å². The van der Waals surface area contributed by atoms with Gasteiger partial charge in [0.2, 0.25) is 0 Å². The van der Waals surface area contributed by atoms with Crippen LogP contribution in [0.25, 0.3) is 0 Å². The third-order valence-corrected chi connectivity index (χ3v) is 2.99. The second-order valence-corrected chi connectivity index (χ2v) is 6.50. The molecule has 0 bridgehead atoms. The summed E-state index contributed by atoms with van der Waals surface area (Å²) in [7, 11) is 0. The van der Waals surface area contributed by atoms with E-state index in [9.17, 15) is 9.18 Å². The van der Waals surface area contributed by atoms with Gasteiger partial charge in [-0.3, -0.25) is 4.99 Å². The maximum atomic E-state index is 13.1. The highest BCUT2D eigenvalue weighted by molar-refractivity contribution is 5.79. The molecule has 1 rings (SSSR count). The molecule has 0 atom stereocenters. The molecule has 0 unspecified atom stereocenters. The summed E-state index contributed by atoms with van der Waals surface area (Å²) < 4.78 is 18.3. The van der Waals surface area contributed by atoms with Crippen molar-refractivity contribution in [3.63, 3.8) is 0 Å². The number of nitrogens with zero attached hydrogens (tertiary/aromatic N) is 1. The third kappa shape index (κ3) is 10.2. The number of hydrogen-bond donors (Lipinski definition) is 3. The molecular weight excluding hydrogens is 323 g/mol. The summed E-state index contributed by atoms with van der Waals surface area (Å²) in [6.07, 6.45) is 0.215. The number of ether oxygens (including phenoxy) is 1. The van der Waals surface area contributed by atoms with Crippen LogP contribution in [0.4, 0.5) is 9.18 Å². The van der Waals surface area contributed by atoms with Crippen LogP contribution >= 0.6 is 0 Å². The summed E-state index contributed by atoms with van der Waals surface area (Å²) in [5, 5.41) is 8.94. The Labute approximate surface area is 149 Å². The first-order valence-electron chi connectivity index (χ1n) is 8.53. The van der Waals surface area contributed by atoms with Gasteiger partial charge in [-0.15, -0.1) is 0 Å². The first kappa shape index (κ1) is 20.7. The molecule has 0 radical (unpaired) electrons. The number of amides is 1. The molecule has 0 spiro atoms. The predicted molar refractivity (Wildman–Crippen MR) is 98.3 cm³/mol. The average Bonchev–Trinajstić information content (AvgIpc) is 2.50. The van der Waals surface area contributed by atoms with Crippen molar-refractivity contribution >= 4 is 12.1 Å². The molecule has 1 aromatic rings. The van der Waals surface area contributed by atoms with Crippen molar-refractivity contribution in [1.29, 1.82) is 0 Å². The SMILES string of the molecule is CCNC(=NCCc1cccc(F)c1)NCCNC(=O)OC(C)(C)C. The topological polar surface area (TPSA) is 74.8 Å². The van der Waals surface area contributed by atoms with Gasteiger partial charge in [-0.25, -0.2) is 9.18 Å². The van der Waals surface area contributed by atoms with Gasteiger partial charge in [0, 0.05) is 26.2 Å². The van der Waals surface area contributed by atoms with E-state index >= 15 is 0 Å². The zero-order valence-corrected chi connectivity index (χ0v) is 15.5. The number of rotatable bonds is 7. The zero-order chi connectivity index (χ0) is 18.7. The van der Waals surface area contributed by atoms with Crippen molar-refractivity contribution in [1.82, 2.24) is 16.0 Å². The van der Waals surface area contributed by atoms with Crippen molar-refractivity contribution < 1.29 is 13.9 Å². The van der Waals surface area contributed by atoms with Crippen LogP contribution in [0.5, 0.6) is 0 Å². The molecule has 0 aliphatic rings. The number of guanidine groups is 1. The summed E-state index contributed by atoms with van der Waals surface area (Å²) in [5.41, 5.74) is 0.399. The first-order valence-corrected chi connectivity index (χ1v) is 8.53. The second-order valence-electron chi connectivity index (χ2n) is 6.50. The van der Waals surface area contributed by atoms with E-state index in [1.54, 1.807) is 6.07 Å². The summed E-state index contributed by atoms with van der Waals surface area (Å²) in [4.78, 5) is 16.0. The van der Waals surface area contributed by atoms with Crippen LogP contribution in [0.3, 0.4) is 0 Å². The van der Waals surface area contributed by atoms with Crippen molar-refractivity contribution in [2.75, 3.05) is 26.2 Å². The standard InChI is InChI=1S/C18H29FN4O2/c1-5-20-16(21-10-9-14-7-6-8-15(19)13-14)22-11-12-23-17(24)25-18(2,3)4/h6-8,13H,5,9-12H2,1-4H3,(H,23,24)(H2,20,21,22). The minimum atomic E-state index is -0.509. The van der Waals surface area contributed by atoms with E-state index in [1.807, 2.05) is 33.8 Å². The van der Waals surface area contributed by atoms with Gasteiger partial charge >= 0.3 is 6.09 Å². The highest BCUT2D eigenvalue weighted by atomic mass is 19.1. The Morgan fingerprint density at radius 2 is 1.92 bits per heavy atom. The fourth-order valence-corrected chi connectivity index (χ4v) is 1.99. The van der Waals surface area contributed by atoms with E-state index < -0.39 is 11.7 Å². The minimum Gasteiger partial charge on any atom is -0.444 e. The lowest BCUT2D eigenvalue weighted by Crippen LogP contribution is -2.42. The van der Waals surface area contributed by atoms with E-state index in [2.05, 4.69) is 20.9 Å². The van der Waals surface area contributed by atoms with Gasteiger partial charge in [0.1, 0.15) is 11.4 Å². The van der Waals surface area contributed by atoms with Crippen LogP contribution in [0.2, 0.25) is 0 Å². The van der Waals surface area contributed by atoms with Gasteiger partial charge < -0.3 is 20.7 Å². The Morgan fingerprint density at radius 1 is 1.20 bits per heavy atom. The molecule has 0 aliphatic heterocycles. The molecule has 0 heterocycles. The Bertz CT molecular complexity index is 570. The van der Waals surface area contributed by atoms with Crippen molar-refractivity contribution in [3.8, 4) is 0 Å². The van der Waals surface area contributed by atoms with Gasteiger partial charge in [0.25, 0.3) is 0 Å². The molecule has 0 saturated heterocycles. The predicted octanol–water partition coefficient (Wildman–Crippen LogP) is 2.45. The summed E-state index contributed by atoms with van der Waals surface area (Å²) >= 11 is 0. The van der Waals surface area contributed by atoms with Gasteiger partial charge in [-0.2, -0.15) is 0 Å². The number of nitrogens with one attached hydrogen (secondary N) is 3. The molecule has 6 nitrogen and oxygen atoms in total. The maximum Gasteiger partial charge on any atom is 0.407 e. The smallest absolute Gasteiger partial charge is 0.407 e. The number of halogens is 1. The fraction of sp³-hybridized carbons (Fsp3) is 0.556. The number of hydrogen-bond acceptors (Lipinski definition) is 3. The quantitative estimate of drug-likeness (QED) is 0.400. The average molecular weight is 352 g/mol. The van der Waals surface area contributed by atoms with E-state index in [4.69, 9.17) is 4.74 Å². The van der Waals surface area contributed by atoms with Gasteiger partial charge in [-0.05, 0) is 51.8 Å². The second kappa shape index (κ2) is 10.5. The lowest BCUT2D eigenvalue weighted by Gasteiger charge is -2.19. The normalized spacial score (nSPS) is 11.8. The van der Waals surface area contributed by atoms with Crippen LogP contribution in [-0.2, 0) is 11.2 Å². The Hall–Kier alpha value is -2.31. The van der Waals surface area contributed by atoms with Crippen LogP contribution in [0.15, 0.2) is 29.3 Å². The molecule has 0 saturated carbocycles. The number of carbonyl (C=O) groups is 1. The third-order valence-electron chi connectivity index (χ3n) is 2.99. The molecule has 7 heteroatoms. The lowest BCUT2D eigenvalue weighted by atomic mass is 10.1. The van der Waals surface area contributed by atoms with Crippen LogP contribution in [0, 0.1) is 5.82 Å².